The molecule has 4 heteroatoms. The number of carbonyl (C=O) groups is 1. The summed E-state index contributed by atoms with van der Waals surface area (Å²) in [6.07, 6.45) is 1.67. The van der Waals surface area contributed by atoms with Crippen molar-refractivity contribution in [1.29, 1.82) is 0 Å². The van der Waals surface area contributed by atoms with Gasteiger partial charge in [-0.15, -0.1) is 0 Å². The molecule has 2 atom stereocenters. The first-order chi connectivity index (χ1) is 12.6. The molecule has 1 aliphatic heterocycles. The molecular weight excluding hydrogens is 326 g/mol. The Morgan fingerprint density at radius 3 is 2.46 bits per heavy atom. The molecule has 1 saturated heterocycles. The molecule has 1 aliphatic rings. The molecule has 26 heavy (non-hydrogen) atoms. The van der Waals surface area contributed by atoms with Crippen LogP contribution in [0.15, 0.2) is 54.6 Å². The Bertz CT molecular complexity index is 729. The van der Waals surface area contributed by atoms with Crippen molar-refractivity contribution in [3.63, 3.8) is 0 Å². The van der Waals surface area contributed by atoms with E-state index in [-0.39, 0.29) is 18.7 Å². The minimum absolute atomic E-state index is 0.0327. The normalized spacial score (nSPS) is 21.3. The maximum Gasteiger partial charge on any atom is 0.411 e. The average Bonchev–Trinajstić information content (AvgIpc) is 2.67. The Balaban J connectivity index is 1.80. The van der Waals surface area contributed by atoms with Crippen LogP contribution in [0.1, 0.15) is 48.9 Å². The Morgan fingerprint density at radius 1 is 1.15 bits per heavy atom. The third-order valence-corrected chi connectivity index (χ3v) is 5.34. The van der Waals surface area contributed by atoms with Crippen LogP contribution in [0.2, 0.25) is 0 Å². The second-order valence-electron chi connectivity index (χ2n) is 7.09. The van der Waals surface area contributed by atoms with Crippen LogP contribution in [-0.4, -0.2) is 29.3 Å². The maximum absolute atomic E-state index is 12.9. The van der Waals surface area contributed by atoms with Crippen molar-refractivity contribution >= 4 is 6.09 Å². The summed E-state index contributed by atoms with van der Waals surface area (Å²) in [5.41, 5.74) is 2.67. The number of hydrogen-bond donors (Lipinski definition) is 1. The van der Waals surface area contributed by atoms with Gasteiger partial charge in [0.2, 0.25) is 0 Å². The number of carbonyl (C=O) groups excluding carboxylic acids is 1. The topological polar surface area (TPSA) is 49.8 Å². The minimum atomic E-state index is -0.648. The van der Waals surface area contributed by atoms with Gasteiger partial charge in [-0.1, -0.05) is 60.2 Å². The van der Waals surface area contributed by atoms with E-state index in [1.807, 2.05) is 37.3 Å². The number of rotatable bonds is 6. The standard InChI is InChI=1S/C22H27NO3/c1-17-9-11-19(12-10-17)18(2)23-15-14-22(13-6-16-24,26-21(23)25)20-7-4-3-5-8-20/h3-5,7-12,18,24H,6,13-16H2,1-2H3/t18-,22+/m0/s1. The van der Waals surface area contributed by atoms with Gasteiger partial charge in [-0.25, -0.2) is 4.79 Å². The lowest BCUT2D eigenvalue weighted by atomic mass is 9.84. The molecule has 3 rings (SSSR count). The van der Waals surface area contributed by atoms with E-state index in [2.05, 4.69) is 31.2 Å². The summed E-state index contributed by atoms with van der Waals surface area (Å²) in [7, 11) is 0. The first-order valence-corrected chi connectivity index (χ1v) is 9.28. The second kappa shape index (κ2) is 7.92. The number of benzene rings is 2. The first kappa shape index (κ1) is 18.5. The third kappa shape index (κ3) is 3.75. The highest BCUT2D eigenvalue weighted by Gasteiger charge is 2.43. The molecule has 1 fully saturated rings. The van der Waals surface area contributed by atoms with Gasteiger partial charge in [0.05, 0.1) is 6.04 Å². The van der Waals surface area contributed by atoms with Crippen molar-refractivity contribution in [1.82, 2.24) is 4.90 Å². The molecule has 0 radical (unpaired) electrons. The summed E-state index contributed by atoms with van der Waals surface area (Å²) in [5.74, 6) is 0. The number of aryl methyl sites for hydroxylation is 1. The van der Waals surface area contributed by atoms with Gasteiger partial charge >= 0.3 is 6.09 Å². The zero-order valence-electron chi connectivity index (χ0n) is 15.5. The zero-order valence-corrected chi connectivity index (χ0v) is 15.5. The number of aliphatic hydroxyl groups excluding tert-OH is 1. The van der Waals surface area contributed by atoms with Crippen molar-refractivity contribution < 1.29 is 14.6 Å². The summed E-state index contributed by atoms with van der Waals surface area (Å²) < 4.78 is 6.02. The van der Waals surface area contributed by atoms with Gasteiger partial charge in [0.1, 0.15) is 5.60 Å². The van der Waals surface area contributed by atoms with Crippen molar-refractivity contribution in [2.45, 2.75) is 44.8 Å². The van der Waals surface area contributed by atoms with Crippen LogP contribution >= 0.6 is 0 Å². The molecular formula is C22H27NO3. The van der Waals surface area contributed by atoms with Crippen LogP contribution in [-0.2, 0) is 10.3 Å². The van der Waals surface area contributed by atoms with E-state index in [9.17, 15) is 9.90 Å². The lowest BCUT2D eigenvalue weighted by molar-refractivity contribution is -0.0680. The Kier molecular flexibility index (Phi) is 5.62. The summed E-state index contributed by atoms with van der Waals surface area (Å²) in [6, 6.07) is 18.1. The molecule has 0 saturated carbocycles. The molecule has 1 amide bonds. The van der Waals surface area contributed by atoms with Gasteiger partial charge in [-0.05, 0) is 37.8 Å². The molecule has 0 bridgehead atoms. The molecule has 0 aromatic heterocycles. The van der Waals surface area contributed by atoms with Gasteiger partial charge in [-0.2, -0.15) is 0 Å². The van der Waals surface area contributed by atoms with E-state index in [1.54, 1.807) is 4.90 Å². The summed E-state index contributed by atoms with van der Waals surface area (Å²) >= 11 is 0. The molecule has 2 aromatic carbocycles. The molecule has 2 aromatic rings. The molecule has 138 valence electrons. The summed E-state index contributed by atoms with van der Waals surface area (Å²) in [5, 5.41) is 9.28. The number of nitrogens with zero attached hydrogens (tertiary/aromatic N) is 1. The van der Waals surface area contributed by atoms with Crippen LogP contribution in [0.4, 0.5) is 4.79 Å². The van der Waals surface area contributed by atoms with Gasteiger partial charge in [0.15, 0.2) is 0 Å². The number of hydrogen-bond acceptors (Lipinski definition) is 3. The average molecular weight is 353 g/mol. The predicted octanol–water partition coefficient (Wildman–Crippen LogP) is 4.57. The molecule has 1 heterocycles. The Morgan fingerprint density at radius 2 is 1.85 bits per heavy atom. The van der Waals surface area contributed by atoms with Crippen molar-refractivity contribution in [2.75, 3.05) is 13.2 Å². The van der Waals surface area contributed by atoms with Crippen LogP contribution in [0, 0.1) is 6.92 Å². The molecule has 1 N–H and O–H groups in total. The van der Waals surface area contributed by atoms with Crippen molar-refractivity contribution in [2.24, 2.45) is 0 Å². The Hall–Kier alpha value is -2.33. The summed E-state index contributed by atoms with van der Waals surface area (Å²) in [4.78, 5) is 14.7. The Labute approximate surface area is 155 Å². The van der Waals surface area contributed by atoms with E-state index in [0.717, 1.165) is 17.5 Å². The minimum Gasteiger partial charge on any atom is -0.438 e. The number of cyclic esters (lactones) is 1. The second-order valence-corrected chi connectivity index (χ2v) is 7.09. The monoisotopic (exact) mass is 353 g/mol. The highest BCUT2D eigenvalue weighted by Crippen LogP contribution is 2.40. The van der Waals surface area contributed by atoms with Crippen molar-refractivity contribution in [3.05, 3.63) is 71.3 Å². The van der Waals surface area contributed by atoms with E-state index in [4.69, 9.17) is 4.74 Å². The maximum atomic E-state index is 12.9. The smallest absolute Gasteiger partial charge is 0.411 e. The lowest BCUT2D eigenvalue weighted by Crippen LogP contribution is -2.48. The number of ether oxygens (including phenoxy) is 1. The zero-order chi connectivity index (χ0) is 18.6. The van der Waals surface area contributed by atoms with E-state index < -0.39 is 5.60 Å². The van der Waals surface area contributed by atoms with E-state index in [0.29, 0.717) is 19.4 Å². The number of aliphatic hydroxyl groups is 1. The van der Waals surface area contributed by atoms with Gasteiger partial charge < -0.3 is 14.7 Å². The SMILES string of the molecule is Cc1ccc([C@H](C)N2CC[C@](CCCO)(c3ccccc3)OC2=O)cc1. The quantitative estimate of drug-likeness (QED) is 0.828. The fourth-order valence-electron chi connectivity index (χ4n) is 3.68. The van der Waals surface area contributed by atoms with Gasteiger partial charge in [0, 0.05) is 19.6 Å². The lowest BCUT2D eigenvalue weighted by Gasteiger charge is -2.43. The largest absolute Gasteiger partial charge is 0.438 e. The molecule has 4 nitrogen and oxygen atoms in total. The first-order valence-electron chi connectivity index (χ1n) is 9.28. The van der Waals surface area contributed by atoms with Crippen molar-refractivity contribution in [3.8, 4) is 0 Å². The van der Waals surface area contributed by atoms with Crippen LogP contribution in [0.3, 0.4) is 0 Å². The van der Waals surface area contributed by atoms with Crippen LogP contribution in [0.25, 0.3) is 0 Å². The van der Waals surface area contributed by atoms with Gasteiger partial charge in [-0.3, -0.25) is 0 Å². The van der Waals surface area contributed by atoms with E-state index >= 15 is 0 Å². The molecule has 0 spiro atoms. The van der Waals surface area contributed by atoms with Crippen LogP contribution in [0.5, 0.6) is 0 Å². The fourth-order valence-corrected chi connectivity index (χ4v) is 3.68. The molecule has 0 aliphatic carbocycles. The fraction of sp³-hybridized carbons (Fsp3) is 0.409. The summed E-state index contributed by atoms with van der Waals surface area (Å²) in [6.45, 7) is 4.82. The highest BCUT2D eigenvalue weighted by atomic mass is 16.6. The van der Waals surface area contributed by atoms with Crippen LogP contribution < -0.4 is 0 Å². The number of amides is 1. The predicted molar refractivity (Wildman–Crippen MR) is 102 cm³/mol. The molecule has 0 unspecified atom stereocenters. The van der Waals surface area contributed by atoms with Gasteiger partial charge in [0.25, 0.3) is 0 Å². The third-order valence-electron chi connectivity index (χ3n) is 5.34. The van der Waals surface area contributed by atoms with E-state index in [1.165, 1.54) is 5.56 Å². The highest BCUT2D eigenvalue weighted by molar-refractivity contribution is 5.70.